The molecule has 1 amide bonds. The van der Waals surface area contributed by atoms with Gasteiger partial charge in [0.05, 0.1) is 22.8 Å². The van der Waals surface area contributed by atoms with E-state index in [1.807, 2.05) is 0 Å². The maximum Gasteiger partial charge on any atom is 0.469 e. The number of nitrogens with one attached hydrogen (secondary N) is 1. The van der Waals surface area contributed by atoms with E-state index >= 15 is 0 Å². The lowest BCUT2D eigenvalue weighted by Crippen LogP contribution is -2.29. The Morgan fingerprint density at radius 1 is 1.06 bits per heavy atom. The van der Waals surface area contributed by atoms with Crippen LogP contribution in [0.3, 0.4) is 0 Å². The van der Waals surface area contributed by atoms with Crippen LogP contribution < -0.4 is 11.0 Å². The van der Waals surface area contributed by atoms with E-state index < -0.39 is 48.7 Å². The fourth-order valence-corrected chi connectivity index (χ4v) is 5.52. The number of anilines is 1. The van der Waals surface area contributed by atoms with Crippen molar-refractivity contribution in [2.24, 2.45) is 0 Å². The van der Waals surface area contributed by atoms with Crippen LogP contribution >= 0.6 is 19.6 Å². The van der Waals surface area contributed by atoms with Gasteiger partial charge in [-0.05, 0) is 30.3 Å². The molecule has 2 aromatic carbocycles. The molecule has 1 aromatic heterocycles. The number of phosphoric ester groups is 1. The van der Waals surface area contributed by atoms with Gasteiger partial charge in [0.15, 0.2) is 0 Å². The number of ether oxygens (including phenoxy) is 1. The van der Waals surface area contributed by atoms with Crippen molar-refractivity contribution in [2.45, 2.75) is 23.1 Å². The Morgan fingerprint density at radius 2 is 1.69 bits per heavy atom. The van der Waals surface area contributed by atoms with E-state index in [2.05, 4.69) is 14.8 Å². The van der Waals surface area contributed by atoms with Gasteiger partial charge < -0.3 is 19.8 Å². The first kappa shape index (κ1) is 25.8. The largest absolute Gasteiger partial charge is 0.469 e. The number of carbonyl (C=O) groups is 2. The van der Waals surface area contributed by atoms with Crippen LogP contribution in [0.1, 0.15) is 32.5 Å². The van der Waals surface area contributed by atoms with Crippen molar-refractivity contribution in [3.8, 4) is 0 Å². The number of carbonyl (C=O) groups excluding carboxylic acids is 2. The van der Waals surface area contributed by atoms with Crippen LogP contribution in [-0.4, -0.2) is 49.2 Å². The third-order valence-corrected chi connectivity index (χ3v) is 7.28. The molecular weight excluding hydrogens is 509 g/mol. The first-order valence-electron chi connectivity index (χ1n) is 10.8. The minimum atomic E-state index is -4.76. The molecule has 11 nitrogen and oxygen atoms in total. The summed E-state index contributed by atoms with van der Waals surface area (Å²) in [6, 6.07) is 18.2. The first-order chi connectivity index (χ1) is 17.2. The molecule has 1 unspecified atom stereocenters. The van der Waals surface area contributed by atoms with Crippen molar-refractivity contribution in [3.05, 3.63) is 94.5 Å². The predicted octanol–water partition coefficient (Wildman–Crippen LogP) is 2.83. The molecule has 0 bridgehead atoms. The van der Waals surface area contributed by atoms with E-state index in [0.29, 0.717) is 11.1 Å². The van der Waals surface area contributed by atoms with E-state index in [1.165, 1.54) is 28.6 Å². The number of rotatable bonds is 8. The standard InChI is InChI=1S/C23H22N3O8PS/c27-21(15-7-3-1-4-8-15)24-19-11-12-26(23(29)25-19)20-13-17(18(36-20)14-33-35(30,31)32)34-22(28)16-9-5-2-6-10-16/h1-12,17-18,20H,13-14H2,(H2,30,31,32)(H,24,25,27,29)/t17-,18?,20-/m1/s1. The third-order valence-electron chi connectivity index (χ3n) is 5.27. The molecule has 3 N–H and O–H groups in total. The number of hydrogen-bond donors (Lipinski definition) is 3. The molecule has 0 saturated carbocycles. The molecule has 1 aliphatic rings. The molecule has 0 spiro atoms. The highest BCUT2D eigenvalue weighted by atomic mass is 32.2. The summed E-state index contributed by atoms with van der Waals surface area (Å²) in [5, 5.41) is 1.36. The van der Waals surface area contributed by atoms with Gasteiger partial charge in [-0.1, -0.05) is 36.4 Å². The molecule has 1 fully saturated rings. The van der Waals surface area contributed by atoms with Crippen molar-refractivity contribution in [2.75, 3.05) is 11.9 Å². The van der Waals surface area contributed by atoms with Crippen molar-refractivity contribution in [1.29, 1.82) is 0 Å². The number of thioether (sulfide) groups is 1. The summed E-state index contributed by atoms with van der Waals surface area (Å²) in [5.41, 5.74) is 0.0757. The van der Waals surface area contributed by atoms with Gasteiger partial charge in [-0.25, -0.2) is 14.2 Å². The second kappa shape index (κ2) is 11.2. The SMILES string of the molecule is O=C(Nc1ccn([C@H]2C[C@@H](OC(=O)c3ccccc3)C(COP(=O)(O)O)S2)c(=O)n1)c1ccccc1. The van der Waals surface area contributed by atoms with Gasteiger partial charge in [0.1, 0.15) is 11.9 Å². The van der Waals surface area contributed by atoms with Crippen molar-refractivity contribution in [3.63, 3.8) is 0 Å². The highest BCUT2D eigenvalue weighted by Crippen LogP contribution is 2.45. The summed E-state index contributed by atoms with van der Waals surface area (Å²) in [5.74, 6) is -0.952. The molecule has 36 heavy (non-hydrogen) atoms. The molecule has 4 rings (SSSR count). The summed E-state index contributed by atoms with van der Waals surface area (Å²) >= 11 is 1.17. The van der Waals surface area contributed by atoms with Crippen LogP contribution in [-0.2, 0) is 13.8 Å². The second-order valence-electron chi connectivity index (χ2n) is 7.78. The predicted molar refractivity (Wildman–Crippen MR) is 132 cm³/mol. The average molecular weight is 531 g/mol. The minimum Gasteiger partial charge on any atom is -0.457 e. The summed E-state index contributed by atoms with van der Waals surface area (Å²) < 4.78 is 22.8. The fraction of sp³-hybridized carbons (Fsp3) is 0.217. The molecule has 0 aliphatic carbocycles. The lowest BCUT2D eigenvalue weighted by molar-refractivity contribution is 0.0254. The Morgan fingerprint density at radius 3 is 2.31 bits per heavy atom. The molecule has 13 heteroatoms. The number of esters is 1. The van der Waals surface area contributed by atoms with Gasteiger partial charge in [0.25, 0.3) is 5.91 Å². The zero-order valence-corrected chi connectivity index (χ0v) is 20.4. The van der Waals surface area contributed by atoms with Crippen LogP contribution in [0.15, 0.2) is 77.7 Å². The highest BCUT2D eigenvalue weighted by Gasteiger charge is 2.40. The lowest BCUT2D eigenvalue weighted by atomic mass is 10.1. The van der Waals surface area contributed by atoms with Crippen LogP contribution in [0.4, 0.5) is 5.82 Å². The number of phosphoric acid groups is 1. The van der Waals surface area contributed by atoms with Crippen LogP contribution in [0, 0.1) is 0 Å². The third kappa shape index (κ3) is 6.68. The van der Waals surface area contributed by atoms with Gasteiger partial charge in [-0.15, -0.1) is 11.8 Å². The Hall–Kier alpha value is -3.28. The van der Waals surface area contributed by atoms with Crippen molar-refractivity contribution < 1.29 is 33.2 Å². The topological polar surface area (TPSA) is 157 Å². The van der Waals surface area contributed by atoms with Crippen LogP contribution in [0.2, 0.25) is 0 Å². The quantitative estimate of drug-likeness (QED) is 0.292. The normalized spacial score (nSPS) is 19.6. The van der Waals surface area contributed by atoms with Gasteiger partial charge in [0.2, 0.25) is 0 Å². The molecule has 1 aliphatic heterocycles. The zero-order chi connectivity index (χ0) is 25.7. The van der Waals surface area contributed by atoms with E-state index in [-0.39, 0.29) is 12.2 Å². The van der Waals surface area contributed by atoms with Gasteiger partial charge in [-0.3, -0.25) is 13.9 Å². The Kier molecular flexibility index (Phi) is 8.02. The smallest absolute Gasteiger partial charge is 0.457 e. The van der Waals surface area contributed by atoms with Gasteiger partial charge >= 0.3 is 19.5 Å². The minimum absolute atomic E-state index is 0.0709. The number of benzene rings is 2. The Labute approximate surface area is 209 Å². The molecule has 0 radical (unpaired) electrons. The Balaban J connectivity index is 1.49. The van der Waals surface area contributed by atoms with Gasteiger partial charge in [-0.2, -0.15) is 4.98 Å². The average Bonchev–Trinajstić information content (AvgIpc) is 3.25. The zero-order valence-electron chi connectivity index (χ0n) is 18.7. The first-order valence-corrected chi connectivity index (χ1v) is 13.2. The molecule has 2 heterocycles. The molecular formula is C23H22N3O8PS. The van der Waals surface area contributed by atoms with Crippen molar-refractivity contribution >= 4 is 37.3 Å². The molecule has 188 valence electrons. The number of nitrogens with zero attached hydrogens (tertiary/aromatic N) is 2. The van der Waals surface area contributed by atoms with E-state index in [4.69, 9.17) is 14.5 Å². The fourth-order valence-electron chi connectivity index (χ4n) is 3.58. The van der Waals surface area contributed by atoms with Crippen LogP contribution in [0.25, 0.3) is 0 Å². The summed E-state index contributed by atoms with van der Waals surface area (Å²) in [6.45, 7) is -0.397. The highest BCUT2D eigenvalue weighted by molar-refractivity contribution is 8.00. The Bertz CT molecular complexity index is 1330. The van der Waals surface area contributed by atoms with E-state index in [9.17, 15) is 18.9 Å². The maximum atomic E-state index is 12.7. The number of aromatic nitrogens is 2. The number of amides is 1. The number of hydrogen-bond acceptors (Lipinski definition) is 8. The van der Waals surface area contributed by atoms with E-state index in [1.54, 1.807) is 60.7 Å². The maximum absolute atomic E-state index is 12.7. The molecule has 3 aromatic rings. The second-order valence-corrected chi connectivity index (χ2v) is 10.4. The lowest BCUT2D eigenvalue weighted by Gasteiger charge is -2.19. The van der Waals surface area contributed by atoms with Crippen LogP contribution in [0.5, 0.6) is 0 Å². The van der Waals surface area contributed by atoms with Gasteiger partial charge in [0, 0.05) is 18.2 Å². The molecule has 3 atom stereocenters. The summed E-state index contributed by atoms with van der Waals surface area (Å²) in [4.78, 5) is 59.8. The van der Waals surface area contributed by atoms with E-state index in [0.717, 1.165) is 0 Å². The molecule has 1 saturated heterocycles. The monoisotopic (exact) mass is 531 g/mol. The summed E-state index contributed by atoms with van der Waals surface area (Å²) in [6.07, 6.45) is 0.842. The van der Waals surface area contributed by atoms with Crippen molar-refractivity contribution in [1.82, 2.24) is 9.55 Å². The summed E-state index contributed by atoms with van der Waals surface area (Å²) in [7, 11) is -4.76.